The molecule has 0 aromatic carbocycles. The van der Waals surface area contributed by atoms with Crippen LogP contribution in [0.5, 0.6) is 0 Å². The summed E-state index contributed by atoms with van der Waals surface area (Å²) in [4.78, 5) is 17.0. The zero-order valence-electron chi connectivity index (χ0n) is 14.4. The van der Waals surface area contributed by atoms with Gasteiger partial charge in [-0.05, 0) is 73.4 Å². The summed E-state index contributed by atoms with van der Waals surface area (Å²) in [6, 6.07) is 1.15. The lowest BCUT2D eigenvalue weighted by atomic mass is 9.91. The zero-order valence-corrected chi connectivity index (χ0v) is 14.4. The predicted octanol–water partition coefficient (Wildman–Crippen LogP) is 3.65. The van der Waals surface area contributed by atoms with Crippen LogP contribution < -0.4 is 0 Å². The summed E-state index contributed by atoms with van der Waals surface area (Å²) in [5, 5.41) is 0. The Morgan fingerprint density at radius 3 is 2.00 bits per heavy atom. The first-order valence-corrected chi connectivity index (χ1v) is 8.53. The fourth-order valence-corrected chi connectivity index (χ4v) is 3.80. The first-order chi connectivity index (χ1) is 9.78. The highest BCUT2D eigenvalue weighted by Crippen LogP contribution is 2.29. The predicted molar refractivity (Wildman–Crippen MR) is 85.4 cm³/mol. The van der Waals surface area contributed by atoms with E-state index in [2.05, 4.69) is 18.7 Å². The van der Waals surface area contributed by atoms with Gasteiger partial charge >= 0.3 is 6.09 Å². The maximum absolute atomic E-state index is 12.4. The Kier molecular flexibility index (Phi) is 5.18. The largest absolute Gasteiger partial charge is 0.444 e. The van der Waals surface area contributed by atoms with Crippen LogP contribution >= 0.6 is 0 Å². The van der Waals surface area contributed by atoms with E-state index < -0.39 is 5.60 Å². The molecule has 0 radical (unpaired) electrons. The minimum Gasteiger partial charge on any atom is -0.444 e. The smallest absolute Gasteiger partial charge is 0.410 e. The molecule has 2 rings (SSSR count). The van der Waals surface area contributed by atoms with Crippen LogP contribution in [0.15, 0.2) is 0 Å². The number of rotatable bonds is 1. The number of carbonyl (C=O) groups excluding carboxylic acids is 1. The highest BCUT2D eigenvalue weighted by Gasteiger charge is 2.38. The fraction of sp³-hybridized carbons (Fsp3) is 0.941. The number of likely N-dealkylation sites (tertiary alicyclic amines) is 2. The molecule has 2 aliphatic heterocycles. The van der Waals surface area contributed by atoms with E-state index in [1.807, 2.05) is 25.7 Å². The second-order valence-electron chi connectivity index (χ2n) is 7.81. The number of piperidine rings is 2. The maximum atomic E-state index is 12.4. The molecule has 2 unspecified atom stereocenters. The number of carbonyl (C=O) groups is 1. The van der Waals surface area contributed by atoms with E-state index in [1.165, 1.54) is 32.4 Å². The maximum Gasteiger partial charge on any atom is 0.410 e. The second kappa shape index (κ2) is 6.55. The van der Waals surface area contributed by atoms with Crippen molar-refractivity contribution in [2.24, 2.45) is 0 Å². The van der Waals surface area contributed by atoms with Crippen molar-refractivity contribution in [2.75, 3.05) is 13.1 Å². The summed E-state index contributed by atoms with van der Waals surface area (Å²) >= 11 is 0. The third-order valence-corrected chi connectivity index (χ3v) is 4.69. The third-order valence-electron chi connectivity index (χ3n) is 4.69. The molecule has 21 heavy (non-hydrogen) atoms. The van der Waals surface area contributed by atoms with Gasteiger partial charge in [0.05, 0.1) is 0 Å². The monoisotopic (exact) mass is 296 g/mol. The molecule has 1 amide bonds. The first-order valence-electron chi connectivity index (χ1n) is 8.53. The molecule has 2 aliphatic rings. The summed E-state index contributed by atoms with van der Waals surface area (Å²) in [7, 11) is 0. The lowest BCUT2D eigenvalue weighted by Gasteiger charge is -2.47. The zero-order chi connectivity index (χ0) is 15.6. The van der Waals surface area contributed by atoms with Gasteiger partial charge in [-0.1, -0.05) is 6.42 Å². The molecule has 4 heteroatoms. The van der Waals surface area contributed by atoms with Crippen molar-refractivity contribution >= 4 is 6.09 Å². The average molecular weight is 296 g/mol. The summed E-state index contributed by atoms with van der Waals surface area (Å²) in [5.41, 5.74) is -0.416. The molecular weight excluding hydrogens is 264 g/mol. The summed E-state index contributed by atoms with van der Waals surface area (Å²) in [6.07, 6.45) is 6.02. The topological polar surface area (TPSA) is 32.8 Å². The van der Waals surface area contributed by atoms with E-state index in [0.717, 1.165) is 12.8 Å². The molecule has 2 fully saturated rings. The van der Waals surface area contributed by atoms with Crippen LogP contribution in [0.2, 0.25) is 0 Å². The van der Waals surface area contributed by atoms with Crippen LogP contribution in [0.1, 0.15) is 66.7 Å². The number of ether oxygens (including phenoxy) is 1. The van der Waals surface area contributed by atoms with Gasteiger partial charge in [0.15, 0.2) is 0 Å². The van der Waals surface area contributed by atoms with Crippen LogP contribution in [0.4, 0.5) is 4.79 Å². The molecule has 0 N–H and O–H groups in total. The Morgan fingerprint density at radius 1 is 1.00 bits per heavy atom. The highest BCUT2D eigenvalue weighted by atomic mass is 16.6. The standard InChI is InChI=1S/C17H32N2O2/c1-13-11-15(18-9-7-6-8-10-18)12-14(2)19(13)16(20)21-17(3,4)5/h13-15H,6-12H2,1-5H3. The Bertz CT molecular complexity index is 346. The molecule has 2 heterocycles. The molecular formula is C17H32N2O2. The summed E-state index contributed by atoms with van der Waals surface area (Å²) in [5.74, 6) is 0. The lowest BCUT2D eigenvalue weighted by Crippen LogP contribution is -2.56. The SMILES string of the molecule is CC1CC(N2CCCCC2)CC(C)N1C(=O)OC(C)(C)C. The van der Waals surface area contributed by atoms with Crippen LogP contribution in [-0.4, -0.2) is 52.7 Å². The van der Waals surface area contributed by atoms with Crippen molar-refractivity contribution in [1.82, 2.24) is 9.80 Å². The molecule has 4 nitrogen and oxygen atoms in total. The van der Waals surface area contributed by atoms with Gasteiger partial charge in [0.25, 0.3) is 0 Å². The van der Waals surface area contributed by atoms with Crippen LogP contribution in [0, 0.1) is 0 Å². The summed E-state index contributed by atoms with van der Waals surface area (Å²) in [6.45, 7) is 12.6. The van der Waals surface area contributed by atoms with Gasteiger partial charge < -0.3 is 14.5 Å². The fourth-order valence-electron chi connectivity index (χ4n) is 3.80. The van der Waals surface area contributed by atoms with E-state index in [1.54, 1.807) is 0 Å². The molecule has 0 aromatic rings. The minimum absolute atomic E-state index is 0.153. The van der Waals surface area contributed by atoms with E-state index in [9.17, 15) is 4.79 Å². The molecule has 122 valence electrons. The van der Waals surface area contributed by atoms with Crippen molar-refractivity contribution < 1.29 is 9.53 Å². The van der Waals surface area contributed by atoms with Gasteiger partial charge in [0.1, 0.15) is 5.60 Å². The van der Waals surface area contributed by atoms with E-state index in [-0.39, 0.29) is 18.2 Å². The van der Waals surface area contributed by atoms with E-state index in [0.29, 0.717) is 6.04 Å². The Labute approximate surface area is 129 Å². The van der Waals surface area contributed by atoms with Gasteiger partial charge in [-0.2, -0.15) is 0 Å². The van der Waals surface area contributed by atoms with E-state index in [4.69, 9.17) is 4.74 Å². The highest BCUT2D eigenvalue weighted by molar-refractivity contribution is 5.69. The number of hydrogen-bond acceptors (Lipinski definition) is 3. The van der Waals surface area contributed by atoms with Gasteiger partial charge in [-0.15, -0.1) is 0 Å². The average Bonchev–Trinajstić information content (AvgIpc) is 2.36. The van der Waals surface area contributed by atoms with Crippen molar-refractivity contribution in [3.8, 4) is 0 Å². The molecule has 0 bridgehead atoms. The molecule has 0 saturated carbocycles. The molecule has 2 atom stereocenters. The van der Waals surface area contributed by atoms with Crippen molar-refractivity contribution in [3.05, 3.63) is 0 Å². The summed E-state index contributed by atoms with van der Waals surface area (Å²) < 4.78 is 5.57. The Morgan fingerprint density at radius 2 is 1.52 bits per heavy atom. The van der Waals surface area contributed by atoms with Crippen LogP contribution in [-0.2, 0) is 4.74 Å². The van der Waals surface area contributed by atoms with Crippen molar-refractivity contribution in [1.29, 1.82) is 0 Å². The Hall–Kier alpha value is -0.770. The molecule has 0 spiro atoms. The Balaban J connectivity index is 1.96. The second-order valence-corrected chi connectivity index (χ2v) is 7.81. The van der Waals surface area contributed by atoms with Gasteiger partial charge in [0, 0.05) is 18.1 Å². The van der Waals surface area contributed by atoms with Gasteiger partial charge in [-0.25, -0.2) is 4.79 Å². The first kappa shape index (κ1) is 16.6. The van der Waals surface area contributed by atoms with E-state index >= 15 is 0 Å². The third kappa shape index (κ3) is 4.35. The van der Waals surface area contributed by atoms with Gasteiger partial charge in [-0.3, -0.25) is 0 Å². The molecule has 2 saturated heterocycles. The van der Waals surface area contributed by atoms with Gasteiger partial charge in [0.2, 0.25) is 0 Å². The van der Waals surface area contributed by atoms with Crippen LogP contribution in [0.25, 0.3) is 0 Å². The van der Waals surface area contributed by atoms with Crippen molar-refractivity contribution in [3.63, 3.8) is 0 Å². The lowest BCUT2D eigenvalue weighted by molar-refractivity contribution is -0.0163. The minimum atomic E-state index is -0.416. The molecule has 0 aromatic heterocycles. The normalized spacial score (nSPS) is 32.0. The number of hydrogen-bond donors (Lipinski definition) is 0. The number of amides is 1. The van der Waals surface area contributed by atoms with Crippen LogP contribution in [0.3, 0.4) is 0 Å². The quantitative estimate of drug-likeness (QED) is 0.740. The molecule has 0 aliphatic carbocycles. The van der Waals surface area contributed by atoms with Crippen molar-refractivity contribution in [2.45, 2.75) is 90.4 Å². The number of nitrogens with zero attached hydrogens (tertiary/aromatic N) is 2.